The first-order valence-corrected chi connectivity index (χ1v) is 12.1. The normalized spacial score (nSPS) is 22.5. The van der Waals surface area contributed by atoms with Gasteiger partial charge in [-0.3, -0.25) is 19.2 Å². The fraction of sp³-hybridized carbons (Fsp3) is 0.370. The zero-order valence-corrected chi connectivity index (χ0v) is 22.1. The molecule has 2 aromatic carbocycles. The van der Waals surface area contributed by atoms with Crippen molar-refractivity contribution in [3.05, 3.63) is 59.7 Å². The van der Waals surface area contributed by atoms with Crippen LogP contribution in [0.25, 0.3) is 0 Å². The van der Waals surface area contributed by atoms with E-state index in [1.54, 1.807) is 30.3 Å². The smallest absolute Gasteiger partial charge is 0.303 e. The van der Waals surface area contributed by atoms with Crippen LogP contribution in [-0.2, 0) is 42.9 Å². The SMILES string of the molecule is CC(=O)OC[C@@H]1O[C@@H](Oc2ccc(/C(=N/O)c3ccccc3)c(O)c2)[C@@H](OC(C)=O)[C@@H](OC(C)=O)[C@@H]1OC(C)=O. The molecule has 0 saturated carbocycles. The van der Waals surface area contributed by atoms with Gasteiger partial charge < -0.3 is 38.7 Å². The van der Waals surface area contributed by atoms with Crippen molar-refractivity contribution in [1.82, 2.24) is 0 Å². The molecule has 0 aliphatic carbocycles. The van der Waals surface area contributed by atoms with Crippen LogP contribution in [0.1, 0.15) is 38.8 Å². The van der Waals surface area contributed by atoms with Crippen molar-refractivity contribution >= 4 is 29.6 Å². The van der Waals surface area contributed by atoms with Gasteiger partial charge in [0, 0.05) is 44.9 Å². The lowest BCUT2D eigenvalue weighted by atomic mass is 9.98. The van der Waals surface area contributed by atoms with Gasteiger partial charge in [-0.25, -0.2) is 0 Å². The number of hydrogen-bond acceptors (Lipinski definition) is 13. The van der Waals surface area contributed by atoms with Gasteiger partial charge in [0.15, 0.2) is 12.2 Å². The third kappa shape index (κ3) is 7.69. The van der Waals surface area contributed by atoms with Gasteiger partial charge in [0.25, 0.3) is 0 Å². The third-order valence-corrected chi connectivity index (χ3v) is 5.57. The maximum absolute atomic E-state index is 12.0. The average molecular weight is 560 g/mol. The molecule has 0 unspecified atom stereocenters. The first-order chi connectivity index (χ1) is 19.0. The molecule has 0 bridgehead atoms. The van der Waals surface area contributed by atoms with Crippen molar-refractivity contribution in [1.29, 1.82) is 0 Å². The molecule has 1 saturated heterocycles. The van der Waals surface area contributed by atoms with E-state index in [2.05, 4.69) is 5.16 Å². The quantitative estimate of drug-likeness (QED) is 0.151. The average Bonchev–Trinajstić information content (AvgIpc) is 2.88. The Labute approximate surface area is 229 Å². The zero-order chi connectivity index (χ0) is 29.4. The number of carbonyl (C=O) groups is 4. The molecule has 2 aromatic rings. The molecule has 1 heterocycles. The van der Waals surface area contributed by atoms with Gasteiger partial charge in [0.2, 0.25) is 12.4 Å². The molecule has 3 rings (SSSR count). The molecule has 1 aliphatic heterocycles. The highest BCUT2D eigenvalue weighted by molar-refractivity contribution is 6.14. The van der Waals surface area contributed by atoms with E-state index in [1.165, 1.54) is 18.2 Å². The largest absolute Gasteiger partial charge is 0.507 e. The van der Waals surface area contributed by atoms with Crippen molar-refractivity contribution in [2.75, 3.05) is 6.61 Å². The van der Waals surface area contributed by atoms with Gasteiger partial charge in [-0.2, -0.15) is 0 Å². The molecule has 0 spiro atoms. The first-order valence-electron chi connectivity index (χ1n) is 12.1. The Morgan fingerprint density at radius 1 is 0.825 bits per heavy atom. The van der Waals surface area contributed by atoms with Crippen LogP contribution in [-0.4, -0.2) is 77.2 Å². The Morgan fingerprint density at radius 3 is 1.98 bits per heavy atom. The number of aromatic hydroxyl groups is 1. The van der Waals surface area contributed by atoms with Crippen molar-refractivity contribution in [2.24, 2.45) is 5.16 Å². The monoisotopic (exact) mass is 559 g/mol. The van der Waals surface area contributed by atoms with Gasteiger partial charge in [-0.05, 0) is 12.1 Å². The molecule has 2 N–H and O–H groups in total. The number of rotatable bonds is 9. The minimum Gasteiger partial charge on any atom is -0.507 e. The van der Waals surface area contributed by atoms with Gasteiger partial charge in [0.1, 0.15) is 29.9 Å². The van der Waals surface area contributed by atoms with E-state index >= 15 is 0 Å². The predicted octanol–water partition coefficient (Wildman–Crippen LogP) is 2.08. The maximum Gasteiger partial charge on any atom is 0.303 e. The van der Waals surface area contributed by atoms with Gasteiger partial charge in [-0.1, -0.05) is 35.5 Å². The van der Waals surface area contributed by atoms with E-state index in [4.69, 9.17) is 28.4 Å². The molecule has 1 fully saturated rings. The summed E-state index contributed by atoms with van der Waals surface area (Å²) in [5.41, 5.74) is 0.813. The van der Waals surface area contributed by atoms with Crippen molar-refractivity contribution in [3.63, 3.8) is 0 Å². The second-order valence-corrected chi connectivity index (χ2v) is 8.68. The first kappa shape index (κ1) is 29.9. The summed E-state index contributed by atoms with van der Waals surface area (Å²) in [6.45, 7) is 4.06. The number of ether oxygens (including phenoxy) is 6. The highest BCUT2D eigenvalue weighted by Gasteiger charge is 2.53. The van der Waals surface area contributed by atoms with E-state index in [0.29, 0.717) is 5.56 Å². The van der Waals surface area contributed by atoms with Crippen molar-refractivity contribution in [2.45, 2.75) is 58.4 Å². The molecule has 5 atom stereocenters. The van der Waals surface area contributed by atoms with Crippen LogP contribution >= 0.6 is 0 Å². The molecule has 13 heteroatoms. The number of benzene rings is 2. The Kier molecular flexibility index (Phi) is 10.0. The van der Waals surface area contributed by atoms with E-state index < -0.39 is 61.2 Å². The molecule has 0 radical (unpaired) electrons. The number of esters is 4. The molecule has 1 aliphatic rings. The minimum absolute atomic E-state index is 0.0208. The lowest BCUT2D eigenvalue weighted by Crippen LogP contribution is -2.63. The van der Waals surface area contributed by atoms with Crippen LogP contribution in [0.3, 0.4) is 0 Å². The fourth-order valence-electron chi connectivity index (χ4n) is 4.07. The summed E-state index contributed by atoms with van der Waals surface area (Å²) in [5, 5.41) is 23.6. The van der Waals surface area contributed by atoms with Crippen LogP contribution in [0.5, 0.6) is 11.5 Å². The number of phenolic OH excluding ortho intramolecular Hbond substituents is 1. The summed E-state index contributed by atoms with van der Waals surface area (Å²) < 4.78 is 32.9. The van der Waals surface area contributed by atoms with Crippen LogP contribution < -0.4 is 4.74 Å². The summed E-state index contributed by atoms with van der Waals surface area (Å²) in [4.78, 5) is 47.3. The minimum atomic E-state index is -1.48. The van der Waals surface area contributed by atoms with Crippen LogP contribution in [0.4, 0.5) is 0 Å². The Morgan fingerprint density at radius 2 is 1.43 bits per heavy atom. The van der Waals surface area contributed by atoms with E-state index in [1.807, 2.05) is 0 Å². The van der Waals surface area contributed by atoms with Gasteiger partial charge in [0.05, 0.1) is 0 Å². The van der Waals surface area contributed by atoms with Gasteiger partial charge in [-0.15, -0.1) is 0 Å². The standard InChI is InChI=1S/C27H29NO12/c1-14(29)35-13-22-24(36-15(2)30)25(37-16(3)31)26(38-17(4)32)27(40-22)39-19-10-11-20(21(33)12-19)23(28-34)18-8-6-5-7-9-18/h5-12,22,24-27,33-34H,13H2,1-4H3/b28-23+/t22-,24+,25-,26-,27+/m0/s1. The zero-order valence-electron chi connectivity index (χ0n) is 22.1. The van der Waals surface area contributed by atoms with Crippen LogP contribution in [0, 0.1) is 0 Å². The fourth-order valence-corrected chi connectivity index (χ4v) is 4.07. The summed E-state index contributed by atoms with van der Waals surface area (Å²) >= 11 is 0. The highest BCUT2D eigenvalue weighted by Crippen LogP contribution is 2.33. The summed E-state index contributed by atoms with van der Waals surface area (Å²) in [6, 6.07) is 12.7. The summed E-state index contributed by atoms with van der Waals surface area (Å²) in [7, 11) is 0. The lowest BCUT2D eigenvalue weighted by molar-refractivity contribution is -0.288. The molecular formula is C27H29NO12. The molecule has 0 amide bonds. The summed E-state index contributed by atoms with van der Waals surface area (Å²) in [5.74, 6) is -3.30. The Bertz CT molecular complexity index is 1260. The highest BCUT2D eigenvalue weighted by atomic mass is 16.7. The number of oxime groups is 1. The number of nitrogens with zero attached hydrogens (tertiary/aromatic N) is 1. The third-order valence-electron chi connectivity index (χ3n) is 5.57. The van der Waals surface area contributed by atoms with E-state index in [-0.39, 0.29) is 22.8 Å². The summed E-state index contributed by atoms with van der Waals surface area (Å²) in [6.07, 6.45) is -6.88. The van der Waals surface area contributed by atoms with Gasteiger partial charge >= 0.3 is 23.9 Å². The van der Waals surface area contributed by atoms with Crippen LogP contribution in [0.2, 0.25) is 0 Å². The predicted molar refractivity (Wildman–Crippen MR) is 135 cm³/mol. The van der Waals surface area contributed by atoms with E-state index in [0.717, 1.165) is 27.7 Å². The van der Waals surface area contributed by atoms with Crippen molar-refractivity contribution in [3.8, 4) is 11.5 Å². The molecule has 13 nitrogen and oxygen atoms in total. The molecule has 0 aromatic heterocycles. The second kappa shape index (κ2) is 13.4. The molecular weight excluding hydrogens is 530 g/mol. The number of phenols is 1. The topological polar surface area (TPSA) is 176 Å². The Hall–Kier alpha value is -4.65. The number of carbonyl (C=O) groups excluding carboxylic acids is 4. The maximum atomic E-state index is 12.0. The second-order valence-electron chi connectivity index (χ2n) is 8.68. The molecule has 40 heavy (non-hydrogen) atoms. The Balaban J connectivity index is 1.98. The van der Waals surface area contributed by atoms with Crippen LogP contribution in [0.15, 0.2) is 53.7 Å². The lowest BCUT2D eigenvalue weighted by Gasteiger charge is -2.43. The number of hydrogen-bond donors (Lipinski definition) is 2. The van der Waals surface area contributed by atoms with E-state index in [9.17, 15) is 29.5 Å². The molecule has 214 valence electrons. The van der Waals surface area contributed by atoms with Crippen molar-refractivity contribution < 1.29 is 57.9 Å².